The molecule has 0 saturated carbocycles. The Morgan fingerprint density at radius 1 is 1.39 bits per heavy atom. The van der Waals surface area contributed by atoms with Gasteiger partial charge in [-0.25, -0.2) is 0 Å². The molecular formula is C18H27NO4. The molecule has 1 aliphatic heterocycles. The van der Waals surface area contributed by atoms with Crippen LogP contribution in [0.4, 0.5) is 0 Å². The smallest absolute Gasteiger partial charge is 0.312 e. The summed E-state index contributed by atoms with van der Waals surface area (Å²) in [7, 11) is 0. The number of aliphatic hydroxyl groups is 1. The van der Waals surface area contributed by atoms with Crippen molar-refractivity contribution >= 4 is 5.97 Å². The predicted molar refractivity (Wildman–Crippen MR) is 88.1 cm³/mol. The highest BCUT2D eigenvalue weighted by atomic mass is 16.5. The molecule has 5 heteroatoms. The van der Waals surface area contributed by atoms with Crippen LogP contribution in [0.25, 0.3) is 0 Å². The molecule has 2 atom stereocenters. The van der Waals surface area contributed by atoms with Gasteiger partial charge in [0.25, 0.3) is 0 Å². The van der Waals surface area contributed by atoms with Gasteiger partial charge in [0.2, 0.25) is 0 Å². The van der Waals surface area contributed by atoms with E-state index in [1.807, 2.05) is 37.3 Å². The Balaban J connectivity index is 1.76. The van der Waals surface area contributed by atoms with Gasteiger partial charge in [-0.1, -0.05) is 43.7 Å². The summed E-state index contributed by atoms with van der Waals surface area (Å²) in [5, 5.41) is 19.9. The number of piperidine rings is 1. The number of hydrogen-bond donors (Lipinski definition) is 2. The summed E-state index contributed by atoms with van der Waals surface area (Å²) in [5.74, 6) is -0.869. The van der Waals surface area contributed by atoms with Crippen LogP contribution >= 0.6 is 0 Å². The number of aliphatic carboxylic acids is 1. The van der Waals surface area contributed by atoms with E-state index in [2.05, 4.69) is 4.90 Å². The summed E-state index contributed by atoms with van der Waals surface area (Å²) in [6, 6.07) is 9.99. The molecule has 1 aromatic rings. The fraction of sp³-hybridized carbons (Fsp3) is 0.611. The molecule has 128 valence electrons. The van der Waals surface area contributed by atoms with Gasteiger partial charge in [-0.15, -0.1) is 0 Å². The normalized spacial score (nSPS) is 25.4. The highest BCUT2D eigenvalue weighted by Crippen LogP contribution is 2.36. The molecule has 0 radical (unpaired) electrons. The van der Waals surface area contributed by atoms with Gasteiger partial charge in [-0.05, 0) is 24.9 Å². The van der Waals surface area contributed by atoms with Crippen molar-refractivity contribution in [2.24, 2.45) is 5.41 Å². The first-order valence-corrected chi connectivity index (χ1v) is 8.34. The first kappa shape index (κ1) is 17.9. The van der Waals surface area contributed by atoms with Crippen LogP contribution in [-0.4, -0.2) is 53.4 Å². The van der Waals surface area contributed by atoms with Gasteiger partial charge in [0.1, 0.15) is 0 Å². The zero-order valence-electron chi connectivity index (χ0n) is 13.8. The number of β-amino-alcohol motifs (C(OH)–C–C–N with tert-alkyl or cyclic N) is 1. The lowest BCUT2D eigenvalue weighted by atomic mass is 9.73. The minimum Gasteiger partial charge on any atom is -0.481 e. The van der Waals surface area contributed by atoms with E-state index >= 15 is 0 Å². The first-order valence-electron chi connectivity index (χ1n) is 8.34. The number of carboxylic acid groups (broad SMARTS) is 1. The molecular weight excluding hydrogens is 294 g/mol. The van der Waals surface area contributed by atoms with Gasteiger partial charge in [-0.3, -0.25) is 9.69 Å². The molecule has 2 N–H and O–H groups in total. The predicted octanol–water partition coefficient (Wildman–Crippen LogP) is 2.14. The Bertz CT molecular complexity index is 493. The fourth-order valence-corrected chi connectivity index (χ4v) is 3.29. The SMILES string of the molecule is CCC[C@]1(C(=O)O)CCN(CCOCc2ccccc2)C[C@H]1O. The van der Waals surface area contributed by atoms with Gasteiger partial charge in [0.05, 0.1) is 24.7 Å². The van der Waals surface area contributed by atoms with E-state index in [9.17, 15) is 15.0 Å². The van der Waals surface area contributed by atoms with Crippen molar-refractivity contribution in [2.45, 2.75) is 38.9 Å². The molecule has 1 aromatic carbocycles. The quantitative estimate of drug-likeness (QED) is 0.718. The average Bonchev–Trinajstić information content (AvgIpc) is 2.55. The van der Waals surface area contributed by atoms with Crippen LogP contribution in [0.15, 0.2) is 30.3 Å². The Morgan fingerprint density at radius 3 is 2.74 bits per heavy atom. The van der Waals surface area contributed by atoms with Gasteiger partial charge < -0.3 is 14.9 Å². The second-order valence-corrected chi connectivity index (χ2v) is 6.32. The van der Waals surface area contributed by atoms with E-state index < -0.39 is 17.5 Å². The molecule has 1 saturated heterocycles. The topological polar surface area (TPSA) is 70.0 Å². The Kier molecular flexibility index (Phi) is 6.57. The molecule has 23 heavy (non-hydrogen) atoms. The molecule has 0 amide bonds. The fourth-order valence-electron chi connectivity index (χ4n) is 3.29. The number of benzene rings is 1. The number of likely N-dealkylation sites (tertiary alicyclic amines) is 1. The van der Waals surface area contributed by atoms with Crippen LogP contribution in [-0.2, 0) is 16.1 Å². The highest BCUT2D eigenvalue weighted by Gasteiger charge is 2.47. The molecule has 2 rings (SSSR count). The molecule has 1 fully saturated rings. The monoisotopic (exact) mass is 321 g/mol. The first-order chi connectivity index (χ1) is 11.1. The van der Waals surface area contributed by atoms with Crippen molar-refractivity contribution in [1.29, 1.82) is 0 Å². The molecule has 0 aliphatic carbocycles. The lowest BCUT2D eigenvalue weighted by molar-refractivity contribution is -0.164. The standard InChI is InChI=1S/C18H27NO4/c1-2-8-18(17(21)22)9-10-19(13-16(18)20)11-12-23-14-15-6-4-3-5-7-15/h3-7,16,20H,2,8-14H2,1H3,(H,21,22)/t16-,18+/m1/s1. The van der Waals surface area contributed by atoms with Crippen LogP contribution < -0.4 is 0 Å². The minimum absolute atomic E-state index is 0.404. The summed E-state index contributed by atoms with van der Waals surface area (Å²) >= 11 is 0. The lowest BCUT2D eigenvalue weighted by Gasteiger charge is -2.42. The number of hydrogen-bond acceptors (Lipinski definition) is 4. The maximum atomic E-state index is 11.6. The second kappa shape index (κ2) is 8.43. The number of rotatable bonds is 8. The molecule has 0 aromatic heterocycles. The third kappa shape index (κ3) is 4.53. The summed E-state index contributed by atoms with van der Waals surface area (Å²) < 4.78 is 5.66. The molecule has 1 heterocycles. The van der Waals surface area contributed by atoms with E-state index in [0.717, 1.165) is 12.0 Å². The number of nitrogens with zero attached hydrogens (tertiary/aromatic N) is 1. The third-order valence-corrected chi connectivity index (χ3v) is 4.73. The van der Waals surface area contributed by atoms with E-state index in [0.29, 0.717) is 45.7 Å². The molecule has 0 bridgehead atoms. The van der Waals surface area contributed by atoms with Gasteiger partial charge in [0, 0.05) is 13.1 Å². The van der Waals surface area contributed by atoms with E-state index in [1.165, 1.54) is 0 Å². The van der Waals surface area contributed by atoms with Crippen LogP contribution in [0.3, 0.4) is 0 Å². The zero-order valence-corrected chi connectivity index (χ0v) is 13.8. The van der Waals surface area contributed by atoms with E-state index in [-0.39, 0.29) is 0 Å². The van der Waals surface area contributed by atoms with Gasteiger partial charge >= 0.3 is 5.97 Å². The Morgan fingerprint density at radius 2 is 2.13 bits per heavy atom. The Hall–Kier alpha value is -1.43. The van der Waals surface area contributed by atoms with Crippen molar-refractivity contribution < 1.29 is 19.7 Å². The molecule has 0 unspecified atom stereocenters. The summed E-state index contributed by atoms with van der Waals surface area (Å²) in [6.07, 6.45) is 0.976. The number of ether oxygens (including phenoxy) is 1. The second-order valence-electron chi connectivity index (χ2n) is 6.32. The summed E-state index contributed by atoms with van der Waals surface area (Å²) in [6.45, 7) is 4.92. The summed E-state index contributed by atoms with van der Waals surface area (Å²) in [5.41, 5.74) is 0.162. The number of carbonyl (C=O) groups is 1. The minimum atomic E-state index is -0.976. The maximum absolute atomic E-state index is 11.6. The lowest BCUT2D eigenvalue weighted by Crippen LogP contribution is -2.55. The van der Waals surface area contributed by atoms with Crippen LogP contribution in [0, 0.1) is 5.41 Å². The van der Waals surface area contributed by atoms with Crippen molar-refractivity contribution in [3.8, 4) is 0 Å². The van der Waals surface area contributed by atoms with Gasteiger partial charge in [0.15, 0.2) is 0 Å². The largest absolute Gasteiger partial charge is 0.481 e. The van der Waals surface area contributed by atoms with Crippen molar-refractivity contribution in [2.75, 3.05) is 26.2 Å². The third-order valence-electron chi connectivity index (χ3n) is 4.73. The number of aliphatic hydroxyl groups excluding tert-OH is 1. The van der Waals surface area contributed by atoms with Crippen LogP contribution in [0.1, 0.15) is 31.7 Å². The highest BCUT2D eigenvalue weighted by molar-refractivity contribution is 5.75. The van der Waals surface area contributed by atoms with Crippen LogP contribution in [0.5, 0.6) is 0 Å². The molecule has 1 aliphatic rings. The molecule has 0 spiro atoms. The van der Waals surface area contributed by atoms with Crippen molar-refractivity contribution in [1.82, 2.24) is 4.90 Å². The van der Waals surface area contributed by atoms with Crippen LogP contribution in [0.2, 0.25) is 0 Å². The van der Waals surface area contributed by atoms with E-state index in [4.69, 9.17) is 4.74 Å². The molecule has 5 nitrogen and oxygen atoms in total. The van der Waals surface area contributed by atoms with Crippen molar-refractivity contribution in [3.63, 3.8) is 0 Å². The number of carboxylic acids is 1. The van der Waals surface area contributed by atoms with E-state index in [1.54, 1.807) is 0 Å². The van der Waals surface area contributed by atoms with Gasteiger partial charge in [-0.2, -0.15) is 0 Å². The average molecular weight is 321 g/mol. The maximum Gasteiger partial charge on any atom is 0.312 e. The summed E-state index contributed by atoms with van der Waals surface area (Å²) in [4.78, 5) is 13.7. The Labute approximate surface area is 137 Å². The zero-order chi connectivity index (χ0) is 16.7. The van der Waals surface area contributed by atoms with Crippen molar-refractivity contribution in [3.05, 3.63) is 35.9 Å².